The zero-order valence-corrected chi connectivity index (χ0v) is 20.3. The first-order valence-electron chi connectivity index (χ1n) is 10.2. The SMILES string of the molecule is CO[C@@]1(CN(C)C(C)C)CCN(c2cc(F)c(S(=O)(=O)Nc3cccc(F)n3)c(F)c2Cl)C1. The Bertz CT molecular complexity index is 1140. The van der Waals surface area contributed by atoms with Crippen molar-refractivity contribution >= 4 is 33.1 Å². The fourth-order valence-electron chi connectivity index (χ4n) is 3.74. The van der Waals surface area contributed by atoms with Gasteiger partial charge in [-0.25, -0.2) is 22.2 Å². The average Bonchev–Trinajstić information content (AvgIpc) is 3.14. The van der Waals surface area contributed by atoms with Gasteiger partial charge in [-0.2, -0.15) is 4.39 Å². The van der Waals surface area contributed by atoms with Gasteiger partial charge >= 0.3 is 0 Å². The van der Waals surface area contributed by atoms with Gasteiger partial charge in [0.15, 0.2) is 10.7 Å². The summed E-state index contributed by atoms with van der Waals surface area (Å²) in [7, 11) is -1.23. The minimum Gasteiger partial charge on any atom is -0.375 e. The third-order valence-corrected chi connectivity index (χ3v) is 7.58. The molecule has 33 heavy (non-hydrogen) atoms. The lowest BCUT2D eigenvalue weighted by Gasteiger charge is -2.34. The van der Waals surface area contributed by atoms with Crippen molar-refractivity contribution in [3.05, 3.63) is 46.9 Å². The number of likely N-dealkylation sites (N-methyl/N-ethyl adjacent to an activating group) is 1. The summed E-state index contributed by atoms with van der Waals surface area (Å²) in [5.41, 5.74) is -0.550. The van der Waals surface area contributed by atoms with Gasteiger partial charge in [-0.05, 0) is 39.4 Å². The Kier molecular flexibility index (Phi) is 7.47. The number of benzene rings is 1. The van der Waals surface area contributed by atoms with Crippen molar-refractivity contribution in [3.8, 4) is 0 Å². The highest BCUT2D eigenvalue weighted by molar-refractivity contribution is 7.92. The van der Waals surface area contributed by atoms with E-state index in [9.17, 15) is 17.2 Å². The molecule has 2 heterocycles. The molecule has 0 radical (unpaired) electrons. The van der Waals surface area contributed by atoms with Gasteiger partial charge in [0.2, 0.25) is 5.95 Å². The van der Waals surface area contributed by atoms with Crippen LogP contribution in [0.4, 0.5) is 24.7 Å². The topological polar surface area (TPSA) is 74.8 Å². The highest BCUT2D eigenvalue weighted by Gasteiger charge is 2.41. The van der Waals surface area contributed by atoms with Crippen LogP contribution in [0.1, 0.15) is 20.3 Å². The normalized spacial score (nSPS) is 19.0. The van der Waals surface area contributed by atoms with Crippen molar-refractivity contribution in [2.45, 2.75) is 36.8 Å². The van der Waals surface area contributed by atoms with E-state index in [1.54, 1.807) is 12.0 Å². The molecule has 12 heteroatoms. The molecule has 1 aliphatic heterocycles. The third kappa shape index (κ3) is 5.37. The summed E-state index contributed by atoms with van der Waals surface area (Å²) < 4.78 is 76.2. The molecule has 2 aromatic rings. The summed E-state index contributed by atoms with van der Waals surface area (Å²) in [6.07, 6.45) is 0.590. The summed E-state index contributed by atoms with van der Waals surface area (Å²) >= 11 is 6.17. The maximum Gasteiger partial charge on any atom is 0.268 e. The van der Waals surface area contributed by atoms with Crippen molar-refractivity contribution in [1.29, 1.82) is 0 Å². The third-order valence-electron chi connectivity index (χ3n) is 5.83. The second-order valence-corrected chi connectivity index (χ2v) is 10.4. The largest absolute Gasteiger partial charge is 0.375 e. The van der Waals surface area contributed by atoms with E-state index in [4.69, 9.17) is 16.3 Å². The molecule has 1 atom stereocenters. The van der Waals surface area contributed by atoms with Gasteiger partial charge in [0.05, 0.1) is 11.3 Å². The molecule has 3 rings (SSSR count). The van der Waals surface area contributed by atoms with E-state index in [0.717, 1.165) is 18.2 Å². The molecule has 1 fully saturated rings. The molecule has 0 amide bonds. The molecule has 182 valence electrons. The average molecular weight is 507 g/mol. The van der Waals surface area contributed by atoms with Crippen LogP contribution in [0.25, 0.3) is 0 Å². The molecule has 1 aromatic carbocycles. The molecule has 0 unspecified atom stereocenters. The predicted octanol–water partition coefficient (Wildman–Crippen LogP) is 3.89. The minimum absolute atomic E-state index is 0.0284. The minimum atomic E-state index is -4.77. The second-order valence-electron chi connectivity index (χ2n) is 8.35. The second kappa shape index (κ2) is 9.65. The van der Waals surface area contributed by atoms with E-state index in [1.165, 1.54) is 6.07 Å². The first-order valence-corrected chi connectivity index (χ1v) is 12.1. The number of methoxy groups -OCH3 is 1. The Morgan fingerprint density at radius 2 is 2.03 bits per heavy atom. The Labute approximate surface area is 196 Å². The Hall–Kier alpha value is -2.08. The number of aromatic nitrogens is 1. The van der Waals surface area contributed by atoms with E-state index in [-0.39, 0.29) is 11.7 Å². The lowest BCUT2D eigenvalue weighted by Crippen LogP contribution is -2.47. The smallest absolute Gasteiger partial charge is 0.268 e. The van der Waals surface area contributed by atoms with E-state index in [0.29, 0.717) is 26.1 Å². The number of halogens is 4. The fraction of sp³-hybridized carbons (Fsp3) is 0.476. The highest BCUT2D eigenvalue weighted by atomic mass is 35.5. The van der Waals surface area contributed by atoms with Gasteiger partial charge in [0.25, 0.3) is 10.0 Å². The molecule has 1 N–H and O–H groups in total. The van der Waals surface area contributed by atoms with Gasteiger partial charge in [-0.1, -0.05) is 17.7 Å². The van der Waals surface area contributed by atoms with Crippen molar-refractivity contribution in [2.75, 3.05) is 43.4 Å². The number of pyridine rings is 1. The molecule has 1 saturated heterocycles. The number of nitrogens with one attached hydrogen (secondary N) is 1. The first-order chi connectivity index (χ1) is 15.4. The number of ether oxygens (including phenoxy) is 1. The van der Waals surface area contributed by atoms with E-state index in [1.807, 2.05) is 25.6 Å². The molecule has 0 saturated carbocycles. The van der Waals surface area contributed by atoms with Crippen LogP contribution < -0.4 is 9.62 Å². The van der Waals surface area contributed by atoms with Crippen molar-refractivity contribution in [3.63, 3.8) is 0 Å². The van der Waals surface area contributed by atoms with Crippen LogP contribution in [0.2, 0.25) is 5.02 Å². The quantitative estimate of drug-likeness (QED) is 0.432. The van der Waals surface area contributed by atoms with Gasteiger partial charge in [0, 0.05) is 38.9 Å². The molecule has 0 spiro atoms. The van der Waals surface area contributed by atoms with Crippen molar-refractivity contribution in [2.24, 2.45) is 0 Å². The number of hydrogen-bond acceptors (Lipinski definition) is 6. The highest BCUT2D eigenvalue weighted by Crippen LogP contribution is 2.39. The Morgan fingerprint density at radius 1 is 1.33 bits per heavy atom. The van der Waals surface area contributed by atoms with Gasteiger partial charge in [-0.3, -0.25) is 4.72 Å². The zero-order chi connectivity index (χ0) is 24.6. The lowest BCUT2D eigenvalue weighted by molar-refractivity contribution is -0.0200. The number of hydrogen-bond donors (Lipinski definition) is 1. The van der Waals surface area contributed by atoms with Crippen molar-refractivity contribution < 1.29 is 26.3 Å². The predicted molar refractivity (Wildman–Crippen MR) is 121 cm³/mol. The molecule has 0 aliphatic carbocycles. The number of nitrogens with zero attached hydrogens (tertiary/aromatic N) is 3. The van der Waals surface area contributed by atoms with Crippen molar-refractivity contribution in [1.82, 2.24) is 9.88 Å². The summed E-state index contributed by atoms with van der Waals surface area (Å²) in [4.78, 5) is 5.86. The molecule has 1 aliphatic rings. The van der Waals surface area contributed by atoms with Crippen LogP contribution in [0.15, 0.2) is 29.2 Å². The maximum absolute atomic E-state index is 15.1. The van der Waals surface area contributed by atoms with Crippen LogP contribution in [0.5, 0.6) is 0 Å². The molecular formula is C21H26ClF3N4O3S. The van der Waals surface area contributed by atoms with Crippen LogP contribution in [0, 0.1) is 17.6 Å². The first kappa shape index (κ1) is 25.5. The lowest BCUT2D eigenvalue weighted by atomic mass is 10.0. The van der Waals surface area contributed by atoms with E-state index in [2.05, 4.69) is 9.88 Å². The summed E-state index contributed by atoms with van der Waals surface area (Å²) in [5, 5.41) is -0.534. The summed E-state index contributed by atoms with van der Waals surface area (Å²) in [5.74, 6) is -4.15. The van der Waals surface area contributed by atoms with Crippen LogP contribution >= 0.6 is 11.6 Å². The fourth-order valence-corrected chi connectivity index (χ4v) is 5.21. The Balaban J connectivity index is 1.91. The van der Waals surface area contributed by atoms with Crippen LogP contribution in [-0.2, 0) is 14.8 Å². The van der Waals surface area contributed by atoms with Crippen LogP contribution in [-0.4, -0.2) is 63.7 Å². The molecule has 1 aromatic heterocycles. The Morgan fingerprint density at radius 3 is 2.64 bits per heavy atom. The summed E-state index contributed by atoms with van der Waals surface area (Å²) in [6, 6.07) is 4.51. The van der Waals surface area contributed by atoms with E-state index < -0.39 is 48.9 Å². The zero-order valence-electron chi connectivity index (χ0n) is 18.7. The molecular weight excluding hydrogens is 481 g/mol. The molecule has 0 bridgehead atoms. The maximum atomic E-state index is 15.1. The van der Waals surface area contributed by atoms with E-state index >= 15 is 4.39 Å². The number of anilines is 2. The monoisotopic (exact) mass is 506 g/mol. The van der Waals surface area contributed by atoms with Gasteiger partial charge in [-0.15, -0.1) is 0 Å². The summed E-state index contributed by atoms with van der Waals surface area (Å²) in [6.45, 7) is 5.42. The standard InChI is InChI=1S/C21H26ClF3N4O3S/c1-13(2)28(3)11-21(32-4)8-9-29(12-21)15-10-14(23)20(19(25)18(15)22)33(30,31)27-17-7-5-6-16(24)26-17/h5-7,10,13H,8-9,11-12H2,1-4H3,(H,26,27)/t21-/m1/s1. The van der Waals surface area contributed by atoms with Gasteiger partial charge < -0.3 is 14.5 Å². The van der Waals surface area contributed by atoms with Gasteiger partial charge in [0.1, 0.15) is 16.7 Å². The number of rotatable bonds is 8. The molecule has 7 nitrogen and oxygen atoms in total. The van der Waals surface area contributed by atoms with Crippen LogP contribution in [0.3, 0.4) is 0 Å². The number of sulfonamides is 1.